The third-order valence-corrected chi connectivity index (χ3v) is 3.17. The van der Waals surface area contributed by atoms with Crippen molar-refractivity contribution in [3.05, 3.63) is 0 Å². The van der Waals surface area contributed by atoms with Gasteiger partial charge in [-0.2, -0.15) is 0 Å². The lowest BCUT2D eigenvalue weighted by molar-refractivity contribution is -0.139. The molecule has 1 fully saturated rings. The van der Waals surface area contributed by atoms with Gasteiger partial charge in [-0.1, -0.05) is 13.8 Å². The summed E-state index contributed by atoms with van der Waals surface area (Å²) in [7, 11) is 0. The van der Waals surface area contributed by atoms with E-state index in [2.05, 4.69) is 19.2 Å². The number of likely N-dealkylation sites (tertiary alicyclic amines) is 1. The van der Waals surface area contributed by atoms with Gasteiger partial charge in [0.2, 0.25) is 0 Å². The number of hydrogen-bond donors (Lipinski definition) is 3. The normalized spacial score (nSPS) is 25.6. The highest BCUT2D eigenvalue weighted by molar-refractivity contribution is 5.82. The van der Waals surface area contributed by atoms with Crippen LogP contribution in [0, 0.1) is 11.8 Å². The van der Waals surface area contributed by atoms with E-state index in [0.29, 0.717) is 24.9 Å². The summed E-state index contributed by atoms with van der Waals surface area (Å²) in [6, 6.07) is -1.37. The Balaban J connectivity index is 2.55. The smallest absolute Gasteiger partial charge is 0.326 e. The Bertz CT molecular complexity index is 298. The zero-order chi connectivity index (χ0) is 13.7. The van der Waals surface area contributed by atoms with Crippen molar-refractivity contribution >= 4 is 12.0 Å². The topological polar surface area (TPSA) is 89.9 Å². The summed E-state index contributed by atoms with van der Waals surface area (Å²) in [4.78, 5) is 24.5. The minimum Gasteiger partial charge on any atom is -0.480 e. The van der Waals surface area contributed by atoms with Crippen molar-refractivity contribution < 1.29 is 19.8 Å². The Hall–Kier alpha value is -1.30. The molecule has 1 heterocycles. The van der Waals surface area contributed by atoms with Gasteiger partial charge in [0.05, 0.1) is 0 Å². The van der Waals surface area contributed by atoms with E-state index in [0.717, 1.165) is 6.42 Å². The molecule has 3 unspecified atom stereocenters. The van der Waals surface area contributed by atoms with Crippen LogP contribution in [0.25, 0.3) is 0 Å². The molecule has 1 aliphatic heterocycles. The molecule has 3 N–H and O–H groups in total. The van der Waals surface area contributed by atoms with Crippen molar-refractivity contribution in [2.45, 2.75) is 32.7 Å². The molecule has 0 aliphatic carbocycles. The lowest BCUT2D eigenvalue weighted by Gasteiger charge is -2.35. The highest BCUT2D eigenvalue weighted by atomic mass is 16.4. The first-order chi connectivity index (χ1) is 8.43. The van der Waals surface area contributed by atoms with Crippen molar-refractivity contribution in [3.8, 4) is 0 Å². The third kappa shape index (κ3) is 4.18. The van der Waals surface area contributed by atoms with Gasteiger partial charge in [0.15, 0.2) is 0 Å². The van der Waals surface area contributed by atoms with Crippen molar-refractivity contribution in [2.75, 3.05) is 19.7 Å². The summed E-state index contributed by atoms with van der Waals surface area (Å²) >= 11 is 0. The van der Waals surface area contributed by atoms with Gasteiger partial charge in [-0.3, -0.25) is 0 Å². The van der Waals surface area contributed by atoms with Gasteiger partial charge >= 0.3 is 12.0 Å². The molecule has 3 atom stereocenters. The lowest BCUT2D eigenvalue weighted by Crippen LogP contribution is -2.52. The van der Waals surface area contributed by atoms with Crippen LogP contribution in [0.3, 0.4) is 0 Å². The number of amides is 2. The molecule has 2 amide bonds. The van der Waals surface area contributed by atoms with E-state index >= 15 is 0 Å². The standard InChI is InChI=1S/C12H22N2O4/c1-8-5-9(2)7-14(6-8)12(18)13-10(3-4-15)11(16)17/h8-10,15H,3-7H2,1-2H3,(H,13,18)(H,16,17). The van der Waals surface area contributed by atoms with Crippen LogP contribution in [0.5, 0.6) is 0 Å². The molecule has 1 rings (SSSR count). The maximum Gasteiger partial charge on any atom is 0.326 e. The van der Waals surface area contributed by atoms with Crippen molar-refractivity contribution in [1.29, 1.82) is 0 Å². The quantitative estimate of drug-likeness (QED) is 0.685. The second kappa shape index (κ2) is 6.58. The molecule has 0 bridgehead atoms. The van der Waals surface area contributed by atoms with E-state index < -0.39 is 12.0 Å². The number of rotatable bonds is 4. The number of urea groups is 1. The molecule has 1 saturated heterocycles. The molecule has 6 heteroatoms. The SMILES string of the molecule is CC1CC(C)CN(C(=O)NC(CCO)C(=O)O)C1. The van der Waals surface area contributed by atoms with E-state index in [4.69, 9.17) is 10.2 Å². The Morgan fingerprint density at radius 1 is 1.33 bits per heavy atom. The number of carboxylic acid groups (broad SMARTS) is 1. The van der Waals surface area contributed by atoms with Gasteiger partial charge in [-0.25, -0.2) is 9.59 Å². The molecule has 0 saturated carbocycles. The third-order valence-electron chi connectivity index (χ3n) is 3.17. The molecular weight excluding hydrogens is 236 g/mol. The molecule has 18 heavy (non-hydrogen) atoms. The van der Waals surface area contributed by atoms with Crippen molar-refractivity contribution in [3.63, 3.8) is 0 Å². The van der Waals surface area contributed by atoms with Crippen LogP contribution in [0.4, 0.5) is 4.79 Å². The first-order valence-electron chi connectivity index (χ1n) is 6.33. The molecular formula is C12H22N2O4. The number of aliphatic hydroxyl groups is 1. The van der Waals surface area contributed by atoms with Gasteiger partial charge < -0.3 is 20.4 Å². The van der Waals surface area contributed by atoms with Gasteiger partial charge in [0.1, 0.15) is 6.04 Å². The average molecular weight is 258 g/mol. The molecule has 0 aromatic rings. The van der Waals surface area contributed by atoms with E-state index in [9.17, 15) is 9.59 Å². The zero-order valence-corrected chi connectivity index (χ0v) is 10.9. The van der Waals surface area contributed by atoms with Crippen LogP contribution in [0.15, 0.2) is 0 Å². The monoisotopic (exact) mass is 258 g/mol. The van der Waals surface area contributed by atoms with Crippen molar-refractivity contribution in [2.24, 2.45) is 11.8 Å². The van der Waals surface area contributed by atoms with Crippen LogP contribution in [0.1, 0.15) is 26.7 Å². The van der Waals surface area contributed by atoms with Crippen LogP contribution >= 0.6 is 0 Å². The maximum absolute atomic E-state index is 11.9. The molecule has 0 aromatic heterocycles. The van der Waals surface area contributed by atoms with Gasteiger partial charge in [0, 0.05) is 26.1 Å². The Morgan fingerprint density at radius 2 is 1.89 bits per heavy atom. The summed E-state index contributed by atoms with van der Waals surface area (Å²) in [5, 5.41) is 20.1. The molecule has 104 valence electrons. The highest BCUT2D eigenvalue weighted by Crippen LogP contribution is 2.20. The summed E-state index contributed by atoms with van der Waals surface area (Å²) < 4.78 is 0. The number of hydrogen-bond acceptors (Lipinski definition) is 3. The Kier molecular flexibility index (Phi) is 5.40. The van der Waals surface area contributed by atoms with Gasteiger partial charge in [0.25, 0.3) is 0 Å². The van der Waals surface area contributed by atoms with Gasteiger partial charge in [-0.05, 0) is 18.3 Å². The fourth-order valence-corrected chi connectivity index (χ4v) is 2.46. The number of nitrogens with one attached hydrogen (secondary N) is 1. The first kappa shape index (κ1) is 14.8. The number of nitrogens with zero attached hydrogens (tertiary/aromatic N) is 1. The second-order valence-corrected chi connectivity index (χ2v) is 5.20. The Labute approximate surface area is 107 Å². The fraction of sp³-hybridized carbons (Fsp3) is 0.833. The number of aliphatic carboxylic acids is 1. The molecule has 0 aromatic carbocycles. The van der Waals surface area contributed by atoms with Crippen LogP contribution < -0.4 is 5.32 Å². The van der Waals surface area contributed by atoms with E-state index in [-0.39, 0.29) is 19.1 Å². The maximum atomic E-state index is 11.9. The van der Waals surface area contributed by atoms with E-state index in [1.165, 1.54) is 0 Å². The minimum absolute atomic E-state index is 0.0278. The minimum atomic E-state index is -1.12. The second-order valence-electron chi connectivity index (χ2n) is 5.20. The highest BCUT2D eigenvalue weighted by Gasteiger charge is 2.28. The number of carboxylic acids is 1. The van der Waals surface area contributed by atoms with Crippen LogP contribution in [0.2, 0.25) is 0 Å². The predicted octanol–water partition coefficient (Wildman–Crippen LogP) is 0.509. The fourth-order valence-electron chi connectivity index (χ4n) is 2.46. The number of carbonyl (C=O) groups is 2. The molecule has 6 nitrogen and oxygen atoms in total. The molecule has 1 aliphatic rings. The largest absolute Gasteiger partial charge is 0.480 e. The number of carbonyl (C=O) groups excluding carboxylic acids is 1. The van der Waals surface area contributed by atoms with Gasteiger partial charge in [-0.15, -0.1) is 0 Å². The number of piperidine rings is 1. The summed E-state index contributed by atoms with van der Waals surface area (Å²) in [5.41, 5.74) is 0. The number of aliphatic hydroxyl groups excluding tert-OH is 1. The van der Waals surface area contributed by atoms with E-state index in [1.807, 2.05) is 0 Å². The molecule has 0 spiro atoms. The molecule has 0 radical (unpaired) electrons. The summed E-state index contributed by atoms with van der Waals surface area (Å²) in [5.74, 6) is -0.253. The van der Waals surface area contributed by atoms with Crippen molar-refractivity contribution in [1.82, 2.24) is 10.2 Å². The Morgan fingerprint density at radius 3 is 2.33 bits per heavy atom. The van der Waals surface area contributed by atoms with Crippen LogP contribution in [-0.4, -0.2) is 52.9 Å². The first-order valence-corrected chi connectivity index (χ1v) is 6.33. The lowest BCUT2D eigenvalue weighted by atomic mass is 9.92. The van der Waals surface area contributed by atoms with E-state index in [1.54, 1.807) is 4.90 Å². The summed E-state index contributed by atoms with van der Waals surface area (Å²) in [6.07, 6.45) is 1.11. The van der Waals surface area contributed by atoms with Crippen LogP contribution in [-0.2, 0) is 4.79 Å². The average Bonchev–Trinajstić information content (AvgIpc) is 2.26. The zero-order valence-electron chi connectivity index (χ0n) is 10.9. The summed E-state index contributed by atoms with van der Waals surface area (Å²) in [6.45, 7) is 5.21. The predicted molar refractivity (Wildman–Crippen MR) is 66.2 cm³/mol.